The predicted octanol–water partition coefficient (Wildman–Crippen LogP) is 0.498. The molecule has 0 aromatic rings. The van der Waals surface area contributed by atoms with E-state index in [0.717, 1.165) is 6.08 Å². The molecule has 6 nitrogen and oxygen atoms in total. The first-order valence-electron chi connectivity index (χ1n) is 4.76. The molecule has 0 saturated heterocycles. The lowest BCUT2D eigenvalue weighted by Gasteiger charge is -2.04. The second-order valence-corrected chi connectivity index (χ2v) is 3.03. The van der Waals surface area contributed by atoms with Gasteiger partial charge >= 0.3 is 11.9 Å². The Morgan fingerprint density at radius 3 is 1.71 bits per heavy atom. The van der Waals surface area contributed by atoms with Gasteiger partial charge in [0.2, 0.25) is 0 Å². The quantitative estimate of drug-likeness (QED) is 0.426. The van der Waals surface area contributed by atoms with Crippen molar-refractivity contribution in [2.75, 3.05) is 0 Å². The van der Waals surface area contributed by atoms with E-state index in [1.807, 2.05) is 0 Å². The molecule has 0 saturated carbocycles. The molecule has 0 aliphatic rings. The Kier molecular flexibility index (Phi) is 9.97. The molecule has 2 atom stereocenters. The van der Waals surface area contributed by atoms with Crippen molar-refractivity contribution in [1.29, 1.82) is 0 Å². The minimum Gasteiger partial charge on any atom is -0.433 e. The van der Waals surface area contributed by atoms with Crippen LogP contribution >= 0.6 is 0 Å². The van der Waals surface area contributed by atoms with E-state index in [-0.39, 0.29) is 5.57 Å². The maximum atomic E-state index is 10.5. The monoisotopic (exact) mass is 246 g/mol. The minimum absolute atomic E-state index is 0.288. The molecular weight excluding hydrogens is 228 g/mol. The molecule has 0 heterocycles. The minimum atomic E-state index is -1.05. The van der Waals surface area contributed by atoms with Crippen LogP contribution in [0.3, 0.4) is 0 Å². The van der Waals surface area contributed by atoms with Crippen LogP contribution in [0.2, 0.25) is 0 Å². The molecule has 2 N–H and O–H groups in total. The maximum Gasteiger partial charge on any atom is 0.335 e. The zero-order valence-electron chi connectivity index (χ0n) is 10.2. The van der Waals surface area contributed by atoms with Crippen molar-refractivity contribution in [2.24, 2.45) is 0 Å². The summed E-state index contributed by atoms with van der Waals surface area (Å²) in [7, 11) is 0. The fourth-order valence-corrected chi connectivity index (χ4v) is 0.472. The Hall–Kier alpha value is -1.66. The van der Waals surface area contributed by atoms with Crippen LogP contribution in [-0.2, 0) is 19.1 Å². The van der Waals surface area contributed by atoms with Gasteiger partial charge in [0, 0.05) is 11.6 Å². The van der Waals surface area contributed by atoms with Crippen molar-refractivity contribution >= 4 is 11.9 Å². The third kappa shape index (κ3) is 14.3. The van der Waals surface area contributed by atoms with Gasteiger partial charge < -0.3 is 19.7 Å². The second-order valence-electron chi connectivity index (χ2n) is 3.03. The molecule has 0 bridgehead atoms. The van der Waals surface area contributed by atoms with Crippen LogP contribution < -0.4 is 0 Å². The topological polar surface area (TPSA) is 93.1 Å². The largest absolute Gasteiger partial charge is 0.433 e. The molecule has 0 radical (unpaired) electrons. The van der Waals surface area contributed by atoms with Crippen LogP contribution in [0.1, 0.15) is 20.8 Å². The van der Waals surface area contributed by atoms with E-state index in [9.17, 15) is 9.59 Å². The van der Waals surface area contributed by atoms with Gasteiger partial charge in [0.05, 0.1) is 0 Å². The van der Waals surface area contributed by atoms with E-state index in [2.05, 4.69) is 22.6 Å². The Labute approximate surface area is 100 Å². The van der Waals surface area contributed by atoms with Crippen molar-refractivity contribution in [3.05, 3.63) is 24.8 Å². The molecule has 98 valence electrons. The van der Waals surface area contributed by atoms with Crippen LogP contribution in [0.15, 0.2) is 24.8 Å². The van der Waals surface area contributed by atoms with Crippen LogP contribution in [0, 0.1) is 0 Å². The standard InChI is InChI=1S/C6H10O3.C5H8O3/c1-4(2)6(8)9-5(3)7;1-3-5(7)8-4(2)6/h5,7H,1H2,2-3H3;3-4,6H,1H2,2H3. The summed E-state index contributed by atoms with van der Waals surface area (Å²) in [5.41, 5.74) is 0.288. The average molecular weight is 246 g/mol. The smallest absolute Gasteiger partial charge is 0.335 e. The van der Waals surface area contributed by atoms with Gasteiger partial charge in [-0.15, -0.1) is 0 Å². The molecule has 0 aliphatic carbocycles. The fourth-order valence-electron chi connectivity index (χ4n) is 0.472. The Morgan fingerprint density at radius 2 is 1.59 bits per heavy atom. The third-order valence-electron chi connectivity index (χ3n) is 1.08. The van der Waals surface area contributed by atoms with Crippen molar-refractivity contribution < 1.29 is 29.3 Å². The lowest BCUT2D eigenvalue weighted by atomic mass is 10.4. The van der Waals surface area contributed by atoms with Gasteiger partial charge in [0.25, 0.3) is 0 Å². The number of hydrogen-bond donors (Lipinski definition) is 2. The number of aliphatic hydroxyl groups excluding tert-OH is 2. The summed E-state index contributed by atoms with van der Waals surface area (Å²) in [5, 5.41) is 16.9. The summed E-state index contributed by atoms with van der Waals surface area (Å²) in [5.74, 6) is -1.18. The fraction of sp³-hybridized carbons (Fsp3) is 0.455. The number of esters is 2. The summed E-state index contributed by atoms with van der Waals surface area (Å²) >= 11 is 0. The molecular formula is C11H18O6. The Bertz CT molecular complexity index is 280. The summed E-state index contributed by atoms with van der Waals surface area (Å²) in [6, 6.07) is 0. The molecule has 2 unspecified atom stereocenters. The zero-order chi connectivity index (χ0) is 14.0. The van der Waals surface area contributed by atoms with E-state index >= 15 is 0 Å². The molecule has 0 amide bonds. The van der Waals surface area contributed by atoms with Crippen LogP contribution in [0.25, 0.3) is 0 Å². The summed E-state index contributed by atoms with van der Waals surface area (Å²) in [4.78, 5) is 20.6. The van der Waals surface area contributed by atoms with Gasteiger partial charge in [-0.25, -0.2) is 9.59 Å². The van der Waals surface area contributed by atoms with Crippen LogP contribution in [-0.4, -0.2) is 34.7 Å². The molecule has 0 rings (SSSR count). The van der Waals surface area contributed by atoms with E-state index in [0.29, 0.717) is 0 Å². The van der Waals surface area contributed by atoms with E-state index in [1.54, 1.807) is 0 Å². The first-order valence-corrected chi connectivity index (χ1v) is 4.76. The number of rotatable bonds is 4. The SMILES string of the molecule is C=C(C)C(=O)OC(C)O.C=CC(=O)OC(C)O. The van der Waals surface area contributed by atoms with Gasteiger partial charge in [-0.2, -0.15) is 0 Å². The van der Waals surface area contributed by atoms with Gasteiger partial charge in [-0.3, -0.25) is 0 Å². The number of carbonyl (C=O) groups is 2. The third-order valence-corrected chi connectivity index (χ3v) is 1.08. The molecule has 0 spiro atoms. The summed E-state index contributed by atoms with van der Waals surface area (Å²) in [6.45, 7) is 10.7. The molecule has 0 fully saturated rings. The molecule has 0 aromatic heterocycles. The predicted molar refractivity (Wildman–Crippen MR) is 60.6 cm³/mol. The van der Waals surface area contributed by atoms with Crippen LogP contribution in [0.5, 0.6) is 0 Å². The number of carbonyl (C=O) groups excluding carboxylic acids is 2. The highest BCUT2D eigenvalue weighted by atomic mass is 16.6. The first-order chi connectivity index (χ1) is 7.70. The van der Waals surface area contributed by atoms with Crippen molar-refractivity contribution in [3.63, 3.8) is 0 Å². The lowest BCUT2D eigenvalue weighted by Crippen LogP contribution is -2.13. The van der Waals surface area contributed by atoms with Gasteiger partial charge in [-0.05, 0) is 20.8 Å². The Balaban J connectivity index is 0. The van der Waals surface area contributed by atoms with Gasteiger partial charge in [0.15, 0.2) is 12.6 Å². The second kappa shape index (κ2) is 9.56. The lowest BCUT2D eigenvalue weighted by molar-refractivity contribution is -0.160. The number of hydrogen-bond acceptors (Lipinski definition) is 6. The highest BCUT2D eigenvalue weighted by Crippen LogP contribution is 1.94. The molecule has 17 heavy (non-hydrogen) atoms. The molecule has 0 aliphatic heterocycles. The Morgan fingerprint density at radius 1 is 1.18 bits per heavy atom. The number of aliphatic hydroxyl groups is 2. The van der Waals surface area contributed by atoms with E-state index < -0.39 is 24.5 Å². The van der Waals surface area contributed by atoms with Gasteiger partial charge in [0.1, 0.15) is 0 Å². The van der Waals surface area contributed by atoms with E-state index in [4.69, 9.17) is 10.2 Å². The van der Waals surface area contributed by atoms with Crippen molar-refractivity contribution in [3.8, 4) is 0 Å². The first kappa shape index (κ1) is 17.7. The highest BCUT2D eigenvalue weighted by molar-refractivity contribution is 5.86. The average Bonchev–Trinajstić information content (AvgIpc) is 2.16. The van der Waals surface area contributed by atoms with Crippen molar-refractivity contribution in [1.82, 2.24) is 0 Å². The number of ether oxygens (including phenoxy) is 2. The highest BCUT2D eigenvalue weighted by Gasteiger charge is 2.04. The maximum absolute atomic E-state index is 10.5. The van der Waals surface area contributed by atoms with Crippen molar-refractivity contribution in [2.45, 2.75) is 33.4 Å². The van der Waals surface area contributed by atoms with Gasteiger partial charge in [-0.1, -0.05) is 13.2 Å². The molecule has 6 heteroatoms. The zero-order valence-corrected chi connectivity index (χ0v) is 10.2. The summed E-state index contributed by atoms with van der Waals surface area (Å²) in [6.07, 6.45) is -1.10. The molecule has 0 aromatic carbocycles. The normalized spacial score (nSPS) is 12.3. The summed E-state index contributed by atoms with van der Waals surface area (Å²) < 4.78 is 8.53. The van der Waals surface area contributed by atoms with Crippen LogP contribution in [0.4, 0.5) is 0 Å². The van der Waals surface area contributed by atoms with E-state index in [1.165, 1.54) is 20.8 Å².